The van der Waals surface area contributed by atoms with E-state index < -0.39 is 0 Å². The predicted octanol–water partition coefficient (Wildman–Crippen LogP) is 2.94. The molecule has 0 aliphatic carbocycles. The van der Waals surface area contributed by atoms with E-state index in [2.05, 4.69) is 9.97 Å². The molecule has 0 bridgehead atoms. The van der Waals surface area contributed by atoms with Crippen molar-refractivity contribution in [3.63, 3.8) is 0 Å². The Morgan fingerprint density at radius 1 is 1.47 bits per heavy atom. The van der Waals surface area contributed by atoms with Gasteiger partial charge in [0.05, 0.1) is 0 Å². The molecule has 1 aromatic heterocycles. The Morgan fingerprint density at radius 2 is 2.33 bits per heavy atom. The first-order chi connectivity index (χ1) is 7.25. The molecule has 0 radical (unpaired) electrons. The van der Waals surface area contributed by atoms with Crippen LogP contribution in [0.5, 0.6) is 0 Å². The molecule has 5 heteroatoms. The highest BCUT2D eigenvalue weighted by atomic mass is 35.5. The molecule has 0 amide bonds. The van der Waals surface area contributed by atoms with Gasteiger partial charge in [0.2, 0.25) is 0 Å². The Morgan fingerprint density at radius 3 is 3.00 bits per heavy atom. The van der Waals surface area contributed by atoms with E-state index in [1.807, 2.05) is 12.1 Å². The molecule has 78 valence electrons. The molecule has 0 saturated carbocycles. The number of hydrogen-bond acceptors (Lipinski definition) is 3. The van der Waals surface area contributed by atoms with E-state index in [1.165, 1.54) is 0 Å². The van der Waals surface area contributed by atoms with Crippen molar-refractivity contribution in [3.8, 4) is 0 Å². The van der Waals surface area contributed by atoms with Gasteiger partial charge in [-0.1, -0.05) is 29.4 Å². The molecule has 0 spiro atoms. The molecule has 3 nitrogen and oxygen atoms in total. The average molecular weight is 240 g/mol. The molecule has 2 rings (SSSR count). The second kappa shape index (κ2) is 4.59. The largest absolute Gasteiger partial charge is 0.398 e. The van der Waals surface area contributed by atoms with Gasteiger partial charge in [-0.3, -0.25) is 0 Å². The van der Waals surface area contributed by atoms with Gasteiger partial charge in [-0.15, -0.1) is 0 Å². The Bertz CT molecular complexity index is 442. The highest BCUT2D eigenvalue weighted by molar-refractivity contribution is 7.98. The minimum atomic E-state index is 0.666. The van der Waals surface area contributed by atoms with Crippen LogP contribution in [-0.2, 0) is 5.75 Å². The number of H-pyrrole nitrogens is 1. The summed E-state index contributed by atoms with van der Waals surface area (Å²) >= 11 is 7.42. The number of thioether (sulfide) groups is 1. The third-order valence-electron chi connectivity index (χ3n) is 1.95. The number of aromatic amines is 1. The van der Waals surface area contributed by atoms with Crippen LogP contribution in [0.3, 0.4) is 0 Å². The minimum absolute atomic E-state index is 0.666. The Kier molecular flexibility index (Phi) is 3.18. The van der Waals surface area contributed by atoms with Crippen LogP contribution in [0.1, 0.15) is 5.56 Å². The van der Waals surface area contributed by atoms with E-state index in [9.17, 15) is 0 Å². The van der Waals surface area contributed by atoms with Crippen LogP contribution in [0, 0.1) is 0 Å². The van der Waals surface area contributed by atoms with Crippen LogP contribution in [0.15, 0.2) is 35.7 Å². The molecule has 1 heterocycles. The van der Waals surface area contributed by atoms with Gasteiger partial charge in [0.15, 0.2) is 5.16 Å². The summed E-state index contributed by atoms with van der Waals surface area (Å²) < 4.78 is 0. The summed E-state index contributed by atoms with van der Waals surface area (Å²) in [5.74, 6) is 0.788. The first-order valence-corrected chi connectivity index (χ1v) is 5.78. The van der Waals surface area contributed by atoms with Gasteiger partial charge in [-0.25, -0.2) is 4.98 Å². The number of nitrogens with zero attached hydrogens (tertiary/aromatic N) is 1. The summed E-state index contributed by atoms with van der Waals surface area (Å²) in [4.78, 5) is 7.14. The number of nitrogens with one attached hydrogen (secondary N) is 1. The van der Waals surface area contributed by atoms with Crippen LogP contribution in [0.25, 0.3) is 0 Å². The van der Waals surface area contributed by atoms with E-state index in [0.29, 0.717) is 5.02 Å². The van der Waals surface area contributed by atoms with Crippen molar-refractivity contribution in [3.05, 3.63) is 41.2 Å². The van der Waals surface area contributed by atoms with Crippen LogP contribution in [0.4, 0.5) is 5.69 Å². The molecule has 0 saturated heterocycles. The summed E-state index contributed by atoms with van der Waals surface area (Å²) in [6.07, 6.45) is 3.53. The summed E-state index contributed by atoms with van der Waals surface area (Å²) in [7, 11) is 0. The Labute approximate surface area is 97.0 Å². The minimum Gasteiger partial charge on any atom is -0.398 e. The van der Waals surface area contributed by atoms with Crippen LogP contribution >= 0.6 is 23.4 Å². The summed E-state index contributed by atoms with van der Waals surface area (Å²) in [5.41, 5.74) is 7.63. The molecule has 2 aromatic rings. The number of aromatic nitrogens is 2. The van der Waals surface area contributed by atoms with Gasteiger partial charge in [0.25, 0.3) is 0 Å². The van der Waals surface area contributed by atoms with Crippen LogP contribution < -0.4 is 5.73 Å². The second-order valence-electron chi connectivity index (χ2n) is 3.03. The van der Waals surface area contributed by atoms with Crippen molar-refractivity contribution in [1.29, 1.82) is 0 Å². The lowest BCUT2D eigenvalue weighted by atomic mass is 10.2. The van der Waals surface area contributed by atoms with Crippen molar-refractivity contribution in [1.82, 2.24) is 9.97 Å². The molecule has 0 aliphatic heterocycles. The van der Waals surface area contributed by atoms with Crippen molar-refractivity contribution >= 4 is 29.1 Å². The van der Waals surface area contributed by atoms with Crippen molar-refractivity contribution < 1.29 is 0 Å². The fourth-order valence-corrected chi connectivity index (χ4v) is 2.20. The van der Waals surface area contributed by atoms with Gasteiger partial charge >= 0.3 is 0 Å². The summed E-state index contributed by atoms with van der Waals surface area (Å²) in [5, 5.41) is 1.56. The van der Waals surface area contributed by atoms with E-state index in [4.69, 9.17) is 17.3 Å². The maximum atomic E-state index is 5.83. The molecule has 0 unspecified atom stereocenters. The van der Waals surface area contributed by atoms with Gasteiger partial charge < -0.3 is 10.7 Å². The molecular weight excluding hydrogens is 230 g/mol. The summed E-state index contributed by atoms with van der Waals surface area (Å²) in [6, 6.07) is 5.54. The van der Waals surface area contributed by atoms with Gasteiger partial charge in [0, 0.05) is 28.9 Å². The quantitative estimate of drug-likeness (QED) is 0.640. The lowest BCUT2D eigenvalue weighted by molar-refractivity contribution is 1.06. The first kappa shape index (κ1) is 10.4. The zero-order chi connectivity index (χ0) is 10.7. The maximum Gasteiger partial charge on any atom is 0.165 e. The zero-order valence-electron chi connectivity index (χ0n) is 7.90. The Balaban J connectivity index is 2.05. The number of anilines is 1. The van der Waals surface area contributed by atoms with Gasteiger partial charge in [-0.2, -0.15) is 0 Å². The molecule has 0 fully saturated rings. The zero-order valence-corrected chi connectivity index (χ0v) is 9.48. The number of imidazole rings is 1. The third kappa shape index (κ3) is 2.67. The Hall–Kier alpha value is -1.13. The third-order valence-corrected chi connectivity index (χ3v) is 3.13. The number of benzene rings is 1. The molecule has 15 heavy (non-hydrogen) atoms. The second-order valence-corrected chi connectivity index (χ2v) is 4.43. The lowest BCUT2D eigenvalue weighted by Gasteiger charge is -2.04. The molecule has 0 atom stereocenters. The SMILES string of the molecule is Nc1cc(Cl)ccc1CSc1ncc[nH]1. The molecule has 0 aliphatic rings. The number of halogens is 1. The normalized spacial score (nSPS) is 10.5. The molecule has 3 N–H and O–H groups in total. The average Bonchev–Trinajstić information content (AvgIpc) is 2.69. The fraction of sp³-hybridized carbons (Fsp3) is 0.100. The van der Waals surface area contributed by atoms with Crippen molar-refractivity contribution in [2.45, 2.75) is 10.9 Å². The highest BCUT2D eigenvalue weighted by Gasteiger charge is 2.02. The monoisotopic (exact) mass is 239 g/mol. The van der Waals surface area contributed by atoms with E-state index >= 15 is 0 Å². The van der Waals surface area contributed by atoms with Gasteiger partial charge in [-0.05, 0) is 17.7 Å². The van der Waals surface area contributed by atoms with Crippen molar-refractivity contribution in [2.24, 2.45) is 0 Å². The predicted molar refractivity (Wildman–Crippen MR) is 64.0 cm³/mol. The van der Waals surface area contributed by atoms with Crippen LogP contribution in [0.2, 0.25) is 5.02 Å². The highest BCUT2D eigenvalue weighted by Crippen LogP contribution is 2.24. The van der Waals surface area contributed by atoms with Crippen molar-refractivity contribution in [2.75, 3.05) is 5.73 Å². The smallest absolute Gasteiger partial charge is 0.165 e. The first-order valence-electron chi connectivity index (χ1n) is 4.42. The number of hydrogen-bond donors (Lipinski definition) is 2. The fourth-order valence-electron chi connectivity index (χ4n) is 1.17. The lowest BCUT2D eigenvalue weighted by Crippen LogP contribution is -1.92. The maximum absolute atomic E-state index is 5.83. The van der Waals surface area contributed by atoms with E-state index in [0.717, 1.165) is 22.2 Å². The topological polar surface area (TPSA) is 54.7 Å². The number of rotatable bonds is 3. The number of nitrogens with two attached hydrogens (primary N) is 1. The number of nitrogen functional groups attached to an aromatic ring is 1. The summed E-state index contributed by atoms with van der Waals surface area (Å²) in [6.45, 7) is 0. The standard InChI is InChI=1S/C10H10ClN3S/c11-8-2-1-7(9(12)5-8)6-15-10-13-3-4-14-10/h1-5H,6,12H2,(H,13,14). The van der Waals surface area contributed by atoms with E-state index in [1.54, 1.807) is 30.2 Å². The van der Waals surface area contributed by atoms with E-state index in [-0.39, 0.29) is 0 Å². The van der Waals surface area contributed by atoms with Crippen LogP contribution in [-0.4, -0.2) is 9.97 Å². The molecule has 1 aromatic carbocycles. The molecular formula is C10H10ClN3S. The van der Waals surface area contributed by atoms with Gasteiger partial charge in [0.1, 0.15) is 0 Å².